The maximum atomic E-state index is 10.9. The summed E-state index contributed by atoms with van der Waals surface area (Å²) >= 11 is 0. The molecule has 0 bridgehead atoms. The molecule has 0 spiro atoms. The van der Waals surface area contributed by atoms with Crippen molar-refractivity contribution < 1.29 is 9.90 Å². The molecule has 1 unspecified atom stereocenters. The molecule has 0 aliphatic heterocycles. The molecule has 0 amide bonds. The van der Waals surface area contributed by atoms with Crippen molar-refractivity contribution in [3.8, 4) is 0 Å². The molecule has 0 aromatic rings. The van der Waals surface area contributed by atoms with Gasteiger partial charge in [-0.15, -0.1) is 0 Å². The number of hydrogen-bond acceptors (Lipinski definition) is 2. The first-order chi connectivity index (χ1) is 6.15. The largest absolute Gasteiger partial charge is 0.480 e. The highest BCUT2D eigenvalue weighted by atomic mass is 16.4. The van der Waals surface area contributed by atoms with Gasteiger partial charge in [-0.2, -0.15) is 0 Å². The van der Waals surface area contributed by atoms with Crippen LogP contribution in [0.2, 0.25) is 0 Å². The number of aliphatic carboxylic acids is 1. The fourth-order valence-corrected chi connectivity index (χ4v) is 1.64. The summed E-state index contributed by atoms with van der Waals surface area (Å²) in [6.07, 6.45) is 4.26. The van der Waals surface area contributed by atoms with Crippen LogP contribution < -0.4 is 0 Å². The molecule has 1 rings (SSSR count). The van der Waals surface area contributed by atoms with Gasteiger partial charge in [0.05, 0.1) is 0 Å². The third-order valence-electron chi connectivity index (χ3n) is 2.62. The highest BCUT2D eigenvalue weighted by Gasteiger charge is 2.28. The zero-order valence-corrected chi connectivity index (χ0v) is 8.49. The summed E-state index contributed by atoms with van der Waals surface area (Å²) in [5.41, 5.74) is 0. The summed E-state index contributed by atoms with van der Waals surface area (Å²) in [7, 11) is 1.92. The zero-order valence-electron chi connectivity index (χ0n) is 8.49. The van der Waals surface area contributed by atoms with Gasteiger partial charge in [-0.05, 0) is 32.2 Å². The Morgan fingerprint density at radius 3 is 2.62 bits per heavy atom. The Bertz CT molecular complexity index is 178. The highest BCUT2D eigenvalue weighted by Crippen LogP contribution is 2.30. The van der Waals surface area contributed by atoms with E-state index in [0.717, 1.165) is 25.3 Å². The van der Waals surface area contributed by atoms with Crippen molar-refractivity contribution in [1.29, 1.82) is 0 Å². The number of carboxylic acid groups (broad SMARTS) is 1. The molecule has 1 aliphatic rings. The van der Waals surface area contributed by atoms with Gasteiger partial charge in [0.1, 0.15) is 6.04 Å². The number of nitrogens with zero attached hydrogens (tertiary/aromatic N) is 1. The molecule has 1 aliphatic carbocycles. The molecule has 3 heteroatoms. The van der Waals surface area contributed by atoms with Crippen LogP contribution in [-0.4, -0.2) is 35.6 Å². The van der Waals surface area contributed by atoms with Crippen molar-refractivity contribution in [3.63, 3.8) is 0 Å². The van der Waals surface area contributed by atoms with E-state index in [4.69, 9.17) is 5.11 Å². The number of hydrogen-bond donors (Lipinski definition) is 1. The Morgan fingerprint density at radius 1 is 1.62 bits per heavy atom. The quantitative estimate of drug-likeness (QED) is 0.683. The topological polar surface area (TPSA) is 40.5 Å². The predicted octanol–water partition coefficient (Wildman–Crippen LogP) is 1.58. The minimum atomic E-state index is -0.676. The number of carbonyl (C=O) groups is 1. The Kier molecular flexibility index (Phi) is 3.72. The van der Waals surface area contributed by atoms with E-state index in [0.29, 0.717) is 0 Å². The second-order valence-electron chi connectivity index (χ2n) is 4.03. The standard InChI is InChI=1S/C10H19NO2/c1-3-4-9(10(12)13)11(2)7-8-5-6-8/h8-9H,3-7H2,1-2H3,(H,12,13). The monoisotopic (exact) mass is 185 g/mol. The lowest BCUT2D eigenvalue weighted by Gasteiger charge is -2.23. The Balaban J connectivity index is 2.36. The third-order valence-corrected chi connectivity index (χ3v) is 2.62. The Labute approximate surface area is 79.7 Å². The summed E-state index contributed by atoms with van der Waals surface area (Å²) in [5, 5.41) is 8.97. The third kappa shape index (κ3) is 3.35. The van der Waals surface area contributed by atoms with Crippen molar-refractivity contribution >= 4 is 5.97 Å². The molecule has 0 saturated heterocycles. The number of carboxylic acids is 1. The van der Waals surface area contributed by atoms with E-state index in [1.54, 1.807) is 0 Å². The van der Waals surface area contributed by atoms with Crippen molar-refractivity contribution in [2.24, 2.45) is 5.92 Å². The molecule has 3 nitrogen and oxygen atoms in total. The number of likely N-dealkylation sites (N-methyl/N-ethyl adjacent to an activating group) is 1. The lowest BCUT2D eigenvalue weighted by molar-refractivity contribution is -0.143. The normalized spacial score (nSPS) is 19.0. The van der Waals surface area contributed by atoms with Crippen LogP contribution in [0.15, 0.2) is 0 Å². The van der Waals surface area contributed by atoms with Gasteiger partial charge in [-0.1, -0.05) is 13.3 Å². The van der Waals surface area contributed by atoms with Gasteiger partial charge < -0.3 is 5.11 Å². The van der Waals surface area contributed by atoms with Gasteiger partial charge in [0.2, 0.25) is 0 Å². The Morgan fingerprint density at radius 2 is 2.23 bits per heavy atom. The molecule has 13 heavy (non-hydrogen) atoms. The molecule has 0 aromatic carbocycles. The lowest BCUT2D eigenvalue weighted by Crippen LogP contribution is -2.39. The lowest BCUT2D eigenvalue weighted by atomic mass is 10.1. The van der Waals surface area contributed by atoms with Crippen LogP contribution in [0.5, 0.6) is 0 Å². The van der Waals surface area contributed by atoms with Gasteiger partial charge in [0.25, 0.3) is 0 Å². The average molecular weight is 185 g/mol. The molecule has 1 fully saturated rings. The van der Waals surface area contributed by atoms with E-state index in [9.17, 15) is 4.79 Å². The van der Waals surface area contributed by atoms with Crippen LogP contribution in [0, 0.1) is 5.92 Å². The van der Waals surface area contributed by atoms with E-state index < -0.39 is 5.97 Å². The summed E-state index contributed by atoms with van der Waals surface area (Å²) in [6, 6.07) is -0.273. The van der Waals surface area contributed by atoms with Crippen LogP contribution in [-0.2, 0) is 4.79 Å². The average Bonchev–Trinajstić information content (AvgIpc) is 2.83. The fourth-order valence-electron chi connectivity index (χ4n) is 1.64. The van der Waals surface area contributed by atoms with Crippen LogP contribution in [0.1, 0.15) is 32.6 Å². The van der Waals surface area contributed by atoms with Crippen LogP contribution in [0.25, 0.3) is 0 Å². The summed E-state index contributed by atoms with van der Waals surface area (Å²) in [6.45, 7) is 2.98. The van der Waals surface area contributed by atoms with E-state index in [2.05, 4.69) is 0 Å². The van der Waals surface area contributed by atoms with Gasteiger partial charge >= 0.3 is 5.97 Å². The molecule has 76 valence electrons. The summed E-state index contributed by atoms with van der Waals surface area (Å²) in [4.78, 5) is 12.9. The smallest absolute Gasteiger partial charge is 0.320 e. The fraction of sp³-hybridized carbons (Fsp3) is 0.900. The molecular weight excluding hydrogens is 166 g/mol. The van der Waals surface area contributed by atoms with E-state index in [-0.39, 0.29) is 6.04 Å². The Hall–Kier alpha value is -0.570. The van der Waals surface area contributed by atoms with Gasteiger partial charge in [-0.25, -0.2) is 0 Å². The molecule has 1 saturated carbocycles. The van der Waals surface area contributed by atoms with Crippen molar-refractivity contribution in [3.05, 3.63) is 0 Å². The van der Waals surface area contributed by atoms with Crippen molar-refractivity contribution in [1.82, 2.24) is 4.90 Å². The van der Waals surface area contributed by atoms with Crippen LogP contribution >= 0.6 is 0 Å². The van der Waals surface area contributed by atoms with Crippen molar-refractivity contribution in [2.45, 2.75) is 38.6 Å². The summed E-state index contributed by atoms with van der Waals surface area (Å²) in [5.74, 6) is 0.0914. The maximum Gasteiger partial charge on any atom is 0.320 e. The van der Waals surface area contributed by atoms with E-state index >= 15 is 0 Å². The van der Waals surface area contributed by atoms with Gasteiger partial charge in [-0.3, -0.25) is 9.69 Å². The van der Waals surface area contributed by atoms with Crippen LogP contribution in [0.3, 0.4) is 0 Å². The number of rotatable bonds is 6. The second kappa shape index (κ2) is 4.61. The highest BCUT2D eigenvalue weighted by molar-refractivity contribution is 5.73. The molecule has 0 heterocycles. The van der Waals surface area contributed by atoms with E-state index in [1.165, 1.54) is 12.8 Å². The first-order valence-corrected chi connectivity index (χ1v) is 5.08. The van der Waals surface area contributed by atoms with E-state index in [1.807, 2.05) is 18.9 Å². The maximum absolute atomic E-state index is 10.9. The first kappa shape index (κ1) is 10.5. The molecule has 0 aromatic heterocycles. The molecule has 1 atom stereocenters. The minimum Gasteiger partial charge on any atom is -0.480 e. The second-order valence-corrected chi connectivity index (χ2v) is 4.03. The SMILES string of the molecule is CCCC(C(=O)O)N(C)CC1CC1. The summed E-state index contributed by atoms with van der Waals surface area (Å²) < 4.78 is 0. The molecule has 0 radical (unpaired) electrons. The van der Waals surface area contributed by atoms with Crippen molar-refractivity contribution in [2.75, 3.05) is 13.6 Å². The predicted molar refractivity (Wildman–Crippen MR) is 51.7 cm³/mol. The first-order valence-electron chi connectivity index (χ1n) is 5.08. The van der Waals surface area contributed by atoms with Crippen LogP contribution in [0.4, 0.5) is 0 Å². The molecule has 1 N–H and O–H groups in total. The van der Waals surface area contributed by atoms with Gasteiger partial charge in [0.15, 0.2) is 0 Å². The van der Waals surface area contributed by atoms with Gasteiger partial charge in [0, 0.05) is 6.54 Å². The zero-order chi connectivity index (χ0) is 9.84. The minimum absolute atomic E-state index is 0.273. The molecular formula is C10H19NO2.